The molecule has 16 heavy (non-hydrogen) atoms. The van der Waals surface area contributed by atoms with Crippen LogP contribution in [0.3, 0.4) is 0 Å². The molecule has 1 unspecified atom stereocenters. The molecule has 0 radical (unpaired) electrons. The molecule has 1 aromatic carbocycles. The smallest absolute Gasteiger partial charge is 0.119 e. The first-order valence-electron chi connectivity index (χ1n) is 6.10. The Morgan fingerprint density at radius 2 is 2.25 bits per heavy atom. The summed E-state index contributed by atoms with van der Waals surface area (Å²) in [5, 5.41) is 9.68. The highest BCUT2D eigenvalue weighted by atomic mass is 16.5. The van der Waals surface area contributed by atoms with Crippen LogP contribution < -0.4 is 4.74 Å². The van der Waals surface area contributed by atoms with Crippen LogP contribution in [-0.2, 0) is 6.42 Å². The van der Waals surface area contributed by atoms with Gasteiger partial charge < -0.3 is 9.84 Å². The first-order valence-corrected chi connectivity index (χ1v) is 6.10. The van der Waals surface area contributed by atoms with Gasteiger partial charge in [-0.3, -0.25) is 0 Å². The normalized spacial score (nSPS) is 18.9. The lowest BCUT2D eigenvalue weighted by atomic mass is 10.1. The van der Waals surface area contributed by atoms with Crippen molar-refractivity contribution in [2.45, 2.75) is 39.2 Å². The van der Waals surface area contributed by atoms with E-state index in [0.29, 0.717) is 5.92 Å². The van der Waals surface area contributed by atoms with Gasteiger partial charge in [0.1, 0.15) is 5.75 Å². The van der Waals surface area contributed by atoms with Crippen LogP contribution in [-0.4, -0.2) is 11.7 Å². The minimum atomic E-state index is -0.264. The summed E-state index contributed by atoms with van der Waals surface area (Å²) < 4.78 is 5.70. The van der Waals surface area contributed by atoms with E-state index >= 15 is 0 Å². The molecule has 2 rings (SSSR count). The molecule has 0 spiro atoms. The molecular weight excluding hydrogens is 200 g/mol. The molecule has 0 saturated heterocycles. The van der Waals surface area contributed by atoms with Crippen LogP contribution in [0.4, 0.5) is 0 Å². The zero-order chi connectivity index (χ0) is 11.5. The molecule has 1 aliphatic rings. The molecule has 88 valence electrons. The van der Waals surface area contributed by atoms with E-state index < -0.39 is 0 Å². The maximum atomic E-state index is 9.68. The van der Waals surface area contributed by atoms with Gasteiger partial charge >= 0.3 is 0 Å². The quantitative estimate of drug-likeness (QED) is 0.845. The van der Waals surface area contributed by atoms with Crippen LogP contribution in [0.1, 0.15) is 43.9 Å². The van der Waals surface area contributed by atoms with E-state index in [2.05, 4.69) is 19.9 Å². The van der Waals surface area contributed by atoms with Gasteiger partial charge in [-0.05, 0) is 48.4 Å². The van der Waals surface area contributed by atoms with Crippen molar-refractivity contribution in [2.24, 2.45) is 5.92 Å². The van der Waals surface area contributed by atoms with Gasteiger partial charge in [0.2, 0.25) is 0 Å². The van der Waals surface area contributed by atoms with Gasteiger partial charge in [0.15, 0.2) is 0 Å². The molecule has 0 fully saturated rings. The molecule has 2 nitrogen and oxygen atoms in total. The zero-order valence-electron chi connectivity index (χ0n) is 10.1. The summed E-state index contributed by atoms with van der Waals surface area (Å²) in [5.41, 5.74) is 2.32. The number of ether oxygens (including phenoxy) is 1. The lowest BCUT2D eigenvalue weighted by Gasteiger charge is -2.10. The average Bonchev–Trinajstić information content (AvgIpc) is 2.60. The van der Waals surface area contributed by atoms with Crippen molar-refractivity contribution in [1.82, 2.24) is 0 Å². The highest BCUT2D eigenvalue weighted by Gasteiger charge is 2.20. The summed E-state index contributed by atoms with van der Waals surface area (Å²) in [6, 6.07) is 6.04. The Bertz CT molecular complexity index is 358. The summed E-state index contributed by atoms with van der Waals surface area (Å²) in [7, 11) is 0. The Labute approximate surface area is 97.3 Å². The van der Waals surface area contributed by atoms with Crippen molar-refractivity contribution in [3.8, 4) is 5.75 Å². The molecule has 0 bridgehead atoms. The summed E-state index contributed by atoms with van der Waals surface area (Å²) in [6.07, 6.45) is 2.64. The number of fused-ring (bicyclic) bond motifs is 1. The van der Waals surface area contributed by atoms with Crippen LogP contribution >= 0.6 is 0 Å². The molecule has 0 aliphatic heterocycles. The Morgan fingerprint density at radius 1 is 1.44 bits per heavy atom. The first-order chi connectivity index (χ1) is 7.66. The molecule has 0 aromatic heterocycles. The van der Waals surface area contributed by atoms with E-state index in [1.54, 1.807) is 0 Å². The van der Waals surface area contributed by atoms with Crippen LogP contribution in [0.25, 0.3) is 0 Å². The molecular formula is C14H20O2. The summed E-state index contributed by atoms with van der Waals surface area (Å²) in [5.74, 6) is 1.62. The van der Waals surface area contributed by atoms with Gasteiger partial charge in [-0.2, -0.15) is 0 Å². The van der Waals surface area contributed by atoms with Gasteiger partial charge in [-0.1, -0.05) is 19.9 Å². The van der Waals surface area contributed by atoms with Crippen molar-refractivity contribution >= 4 is 0 Å². The second-order valence-corrected chi connectivity index (χ2v) is 4.95. The minimum Gasteiger partial charge on any atom is -0.494 e. The van der Waals surface area contributed by atoms with Crippen LogP contribution in [0.5, 0.6) is 5.75 Å². The molecule has 1 aliphatic carbocycles. The number of aliphatic hydroxyl groups excluding tert-OH is 1. The fourth-order valence-electron chi connectivity index (χ4n) is 2.07. The largest absolute Gasteiger partial charge is 0.494 e. The van der Waals surface area contributed by atoms with Crippen LogP contribution in [0.15, 0.2) is 18.2 Å². The fraction of sp³-hybridized carbons (Fsp3) is 0.571. The lowest BCUT2D eigenvalue weighted by molar-refractivity contribution is 0.180. The van der Waals surface area contributed by atoms with Gasteiger partial charge in [-0.15, -0.1) is 0 Å². The van der Waals surface area contributed by atoms with E-state index in [0.717, 1.165) is 37.2 Å². The van der Waals surface area contributed by atoms with E-state index in [9.17, 15) is 5.11 Å². The van der Waals surface area contributed by atoms with Gasteiger partial charge in [-0.25, -0.2) is 0 Å². The van der Waals surface area contributed by atoms with E-state index in [1.165, 1.54) is 5.56 Å². The standard InChI is InChI=1S/C14H20O2/c1-10(2)7-8-16-12-4-5-13-11(9-12)3-6-14(13)15/h4-5,9-10,14-15H,3,6-8H2,1-2H3. The summed E-state index contributed by atoms with van der Waals surface area (Å²) in [4.78, 5) is 0. The van der Waals surface area contributed by atoms with Crippen molar-refractivity contribution < 1.29 is 9.84 Å². The van der Waals surface area contributed by atoms with E-state index in [1.807, 2.05) is 12.1 Å². The second kappa shape index (κ2) is 4.88. The predicted molar refractivity (Wildman–Crippen MR) is 64.7 cm³/mol. The molecule has 1 N–H and O–H groups in total. The Kier molecular flexibility index (Phi) is 3.49. The van der Waals surface area contributed by atoms with Crippen molar-refractivity contribution in [3.63, 3.8) is 0 Å². The molecule has 1 aromatic rings. The highest BCUT2D eigenvalue weighted by Crippen LogP contribution is 2.33. The van der Waals surface area contributed by atoms with Crippen LogP contribution in [0, 0.1) is 5.92 Å². The predicted octanol–water partition coefficient (Wildman–Crippen LogP) is 3.09. The highest BCUT2D eigenvalue weighted by molar-refractivity contribution is 5.39. The van der Waals surface area contributed by atoms with Crippen molar-refractivity contribution in [3.05, 3.63) is 29.3 Å². The SMILES string of the molecule is CC(C)CCOc1ccc2c(c1)CCC2O. The fourth-order valence-corrected chi connectivity index (χ4v) is 2.07. The third-order valence-electron chi connectivity index (χ3n) is 3.12. The summed E-state index contributed by atoms with van der Waals surface area (Å²) in [6.45, 7) is 5.17. The number of benzene rings is 1. The molecule has 0 saturated carbocycles. The third kappa shape index (κ3) is 2.56. The monoisotopic (exact) mass is 220 g/mol. The van der Waals surface area contributed by atoms with E-state index in [-0.39, 0.29) is 6.10 Å². The average molecular weight is 220 g/mol. The van der Waals surface area contributed by atoms with Gasteiger partial charge in [0.25, 0.3) is 0 Å². The topological polar surface area (TPSA) is 29.5 Å². The Morgan fingerprint density at radius 3 is 3.00 bits per heavy atom. The second-order valence-electron chi connectivity index (χ2n) is 4.95. The molecule has 1 atom stereocenters. The maximum Gasteiger partial charge on any atom is 0.119 e. The number of aliphatic hydroxyl groups is 1. The van der Waals surface area contributed by atoms with Crippen molar-refractivity contribution in [2.75, 3.05) is 6.61 Å². The van der Waals surface area contributed by atoms with E-state index in [4.69, 9.17) is 4.74 Å². The zero-order valence-corrected chi connectivity index (χ0v) is 10.1. The molecule has 0 heterocycles. The minimum absolute atomic E-state index is 0.264. The molecule has 0 amide bonds. The molecule has 2 heteroatoms. The Balaban J connectivity index is 1.97. The van der Waals surface area contributed by atoms with Gasteiger partial charge in [0.05, 0.1) is 12.7 Å². The number of aryl methyl sites for hydroxylation is 1. The number of hydrogen-bond acceptors (Lipinski definition) is 2. The van der Waals surface area contributed by atoms with Gasteiger partial charge in [0, 0.05) is 0 Å². The first kappa shape index (κ1) is 11.5. The van der Waals surface area contributed by atoms with Crippen LogP contribution in [0.2, 0.25) is 0 Å². The van der Waals surface area contributed by atoms with Crippen molar-refractivity contribution in [1.29, 1.82) is 0 Å². The Hall–Kier alpha value is -1.02. The number of rotatable bonds is 4. The summed E-state index contributed by atoms with van der Waals surface area (Å²) >= 11 is 0. The lowest BCUT2D eigenvalue weighted by Crippen LogP contribution is -2.01. The third-order valence-corrected chi connectivity index (χ3v) is 3.12. The number of hydrogen-bond donors (Lipinski definition) is 1. The maximum absolute atomic E-state index is 9.68.